The van der Waals surface area contributed by atoms with Gasteiger partial charge in [-0.2, -0.15) is 0 Å². The fourth-order valence-corrected chi connectivity index (χ4v) is 3.06. The Labute approximate surface area is 118 Å². The van der Waals surface area contributed by atoms with Gasteiger partial charge in [-0.05, 0) is 56.0 Å². The highest BCUT2D eigenvalue weighted by Gasteiger charge is 2.30. The lowest BCUT2D eigenvalue weighted by molar-refractivity contribution is 0.473. The minimum Gasteiger partial charge on any atom is -0.368 e. The SMILES string of the molecule is CNCC1CCN(c2ccc(C(C)(C)C)cc2)C1C. The average Bonchev–Trinajstić information content (AvgIpc) is 2.71. The molecule has 2 atom stereocenters. The van der Waals surface area contributed by atoms with Crippen molar-refractivity contribution in [2.75, 3.05) is 25.0 Å². The number of rotatable bonds is 3. The molecule has 0 bridgehead atoms. The van der Waals surface area contributed by atoms with Gasteiger partial charge in [0.25, 0.3) is 0 Å². The number of benzene rings is 1. The van der Waals surface area contributed by atoms with Gasteiger partial charge in [-0.3, -0.25) is 0 Å². The first-order valence-corrected chi connectivity index (χ1v) is 7.45. The van der Waals surface area contributed by atoms with E-state index in [4.69, 9.17) is 0 Å². The van der Waals surface area contributed by atoms with Gasteiger partial charge in [-0.25, -0.2) is 0 Å². The maximum absolute atomic E-state index is 3.31. The quantitative estimate of drug-likeness (QED) is 0.896. The van der Waals surface area contributed by atoms with Crippen molar-refractivity contribution < 1.29 is 0 Å². The average molecular weight is 260 g/mol. The molecule has 1 N–H and O–H groups in total. The van der Waals surface area contributed by atoms with E-state index in [2.05, 4.69) is 62.2 Å². The molecule has 0 aliphatic carbocycles. The topological polar surface area (TPSA) is 15.3 Å². The molecule has 1 saturated heterocycles. The summed E-state index contributed by atoms with van der Waals surface area (Å²) >= 11 is 0. The van der Waals surface area contributed by atoms with E-state index in [1.165, 1.54) is 24.2 Å². The first-order chi connectivity index (χ1) is 8.93. The normalized spacial score (nSPS) is 23.9. The summed E-state index contributed by atoms with van der Waals surface area (Å²) in [4.78, 5) is 2.55. The van der Waals surface area contributed by atoms with E-state index >= 15 is 0 Å². The van der Waals surface area contributed by atoms with Crippen LogP contribution in [0.25, 0.3) is 0 Å². The Morgan fingerprint density at radius 2 is 1.84 bits per heavy atom. The highest BCUT2D eigenvalue weighted by molar-refractivity contribution is 5.50. The van der Waals surface area contributed by atoms with E-state index < -0.39 is 0 Å². The van der Waals surface area contributed by atoms with E-state index in [9.17, 15) is 0 Å². The van der Waals surface area contributed by atoms with Gasteiger partial charge in [0, 0.05) is 18.3 Å². The first-order valence-electron chi connectivity index (χ1n) is 7.45. The molecule has 1 fully saturated rings. The lowest BCUT2D eigenvalue weighted by atomic mass is 9.87. The highest BCUT2D eigenvalue weighted by Crippen LogP contribution is 2.31. The molecule has 19 heavy (non-hydrogen) atoms. The Kier molecular flexibility index (Phi) is 4.19. The number of nitrogens with one attached hydrogen (secondary N) is 1. The monoisotopic (exact) mass is 260 g/mol. The van der Waals surface area contributed by atoms with Crippen molar-refractivity contribution in [1.29, 1.82) is 0 Å². The van der Waals surface area contributed by atoms with Gasteiger partial charge in [-0.15, -0.1) is 0 Å². The smallest absolute Gasteiger partial charge is 0.0368 e. The van der Waals surface area contributed by atoms with Gasteiger partial charge >= 0.3 is 0 Å². The zero-order valence-electron chi connectivity index (χ0n) is 13.0. The number of nitrogens with zero attached hydrogens (tertiary/aromatic N) is 1. The second-order valence-corrected chi connectivity index (χ2v) is 6.84. The third-order valence-corrected chi connectivity index (χ3v) is 4.45. The van der Waals surface area contributed by atoms with E-state index in [-0.39, 0.29) is 5.41 Å². The molecule has 0 aromatic heterocycles. The molecule has 2 heteroatoms. The molecule has 1 aromatic carbocycles. The highest BCUT2D eigenvalue weighted by atomic mass is 15.2. The second-order valence-electron chi connectivity index (χ2n) is 6.84. The van der Waals surface area contributed by atoms with Crippen molar-refractivity contribution >= 4 is 5.69 Å². The maximum Gasteiger partial charge on any atom is 0.0368 e. The van der Waals surface area contributed by atoms with Gasteiger partial charge in [0.15, 0.2) is 0 Å². The van der Waals surface area contributed by atoms with Crippen molar-refractivity contribution in [3.05, 3.63) is 29.8 Å². The largest absolute Gasteiger partial charge is 0.368 e. The number of anilines is 1. The second kappa shape index (κ2) is 5.54. The van der Waals surface area contributed by atoms with Crippen LogP contribution in [0.15, 0.2) is 24.3 Å². The molecule has 2 rings (SSSR count). The maximum atomic E-state index is 3.31. The molecule has 0 amide bonds. The predicted octanol–water partition coefficient (Wildman–Crippen LogP) is 3.42. The summed E-state index contributed by atoms with van der Waals surface area (Å²) in [6.07, 6.45) is 1.29. The fourth-order valence-electron chi connectivity index (χ4n) is 3.06. The van der Waals surface area contributed by atoms with Crippen LogP contribution in [0.4, 0.5) is 5.69 Å². The summed E-state index contributed by atoms with van der Waals surface area (Å²) in [6, 6.07) is 9.78. The molecule has 1 aliphatic rings. The number of hydrogen-bond donors (Lipinski definition) is 1. The van der Waals surface area contributed by atoms with Crippen LogP contribution in [0.1, 0.15) is 39.7 Å². The van der Waals surface area contributed by atoms with Gasteiger partial charge in [0.1, 0.15) is 0 Å². The minimum absolute atomic E-state index is 0.240. The first kappa shape index (κ1) is 14.4. The van der Waals surface area contributed by atoms with Crippen LogP contribution in [-0.2, 0) is 5.41 Å². The van der Waals surface area contributed by atoms with Crippen LogP contribution < -0.4 is 10.2 Å². The molecule has 1 heterocycles. The predicted molar refractivity (Wildman–Crippen MR) is 84.0 cm³/mol. The molecule has 1 aromatic rings. The third kappa shape index (κ3) is 3.11. The molecule has 2 nitrogen and oxygen atoms in total. The van der Waals surface area contributed by atoms with Crippen LogP contribution in [0.5, 0.6) is 0 Å². The van der Waals surface area contributed by atoms with E-state index in [0.717, 1.165) is 12.5 Å². The van der Waals surface area contributed by atoms with Crippen LogP contribution in [0.2, 0.25) is 0 Å². The van der Waals surface area contributed by atoms with Crippen molar-refractivity contribution in [3.8, 4) is 0 Å². The molecule has 2 unspecified atom stereocenters. The van der Waals surface area contributed by atoms with Crippen LogP contribution in [-0.4, -0.2) is 26.2 Å². The van der Waals surface area contributed by atoms with Crippen LogP contribution in [0, 0.1) is 5.92 Å². The summed E-state index contributed by atoms with van der Waals surface area (Å²) in [5.74, 6) is 0.771. The minimum atomic E-state index is 0.240. The van der Waals surface area contributed by atoms with Crippen molar-refractivity contribution in [2.45, 2.75) is 45.6 Å². The van der Waals surface area contributed by atoms with E-state index in [0.29, 0.717) is 6.04 Å². The third-order valence-electron chi connectivity index (χ3n) is 4.45. The summed E-state index contributed by atoms with van der Waals surface area (Å²) in [6.45, 7) is 11.5. The van der Waals surface area contributed by atoms with Gasteiger partial charge < -0.3 is 10.2 Å². The standard InChI is InChI=1S/C17H28N2/c1-13-14(12-18-5)10-11-19(13)16-8-6-15(7-9-16)17(2,3)4/h6-9,13-14,18H,10-12H2,1-5H3. The summed E-state index contributed by atoms with van der Waals surface area (Å²) < 4.78 is 0. The Morgan fingerprint density at radius 1 is 1.21 bits per heavy atom. The van der Waals surface area contributed by atoms with Crippen molar-refractivity contribution in [2.24, 2.45) is 5.92 Å². The number of hydrogen-bond acceptors (Lipinski definition) is 2. The zero-order chi connectivity index (χ0) is 14.0. The molecule has 0 saturated carbocycles. The molecular weight excluding hydrogens is 232 g/mol. The molecular formula is C17H28N2. The van der Waals surface area contributed by atoms with E-state index in [1.54, 1.807) is 0 Å². The Hall–Kier alpha value is -1.02. The summed E-state index contributed by atoms with van der Waals surface area (Å²) in [7, 11) is 2.05. The van der Waals surface area contributed by atoms with Crippen LogP contribution >= 0.6 is 0 Å². The molecule has 1 aliphatic heterocycles. The van der Waals surface area contributed by atoms with Gasteiger partial charge in [0.2, 0.25) is 0 Å². The lowest BCUT2D eigenvalue weighted by Gasteiger charge is -2.28. The summed E-state index contributed by atoms with van der Waals surface area (Å²) in [5.41, 5.74) is 3.03. The van der Waals surface area contributed by atoms with Crippen LogP contribution in [0.3, 0.4) is 0 Å². The molecule has 0 spiro atoms. The van der Waals surface area contributed by atoms with Crippen molar-refractivity contribution in [3.63, 3.8) is 0 Å². The van der Waals surface area contributed by atoms with Gasteiger partial charge in [-0.1, -0.05) is 32.9 Å². The molecule has 106 valence electrons. The van der Waals surface area contributed by atoms with E-state index in [1.807, 2.05) is 7.05 Å². The molecule has 0 radical (unpaired) electrons. The lowest BCUT2D eigenvalue weighted by Crippen LogP contribution is -2.33. The Bertz CT molecular complexity index is 402. The zero-order valence-corrected chi connectivity index (χ0v) is 13.0. The summed E-state index contributed by atoms with van der Waals surface area (Å²) in [5, 5.41) is 3.31. The van der Waals surface area contributed by atoms with Gasteiger partial charge in [0.05, 0.1) is 0 Å². The Morgan fingerprint density at radius 3 is 2.37 bits per heavy atom. The van der Waals surface area contributed by atoms with Crippen molar-refractivity contribution in [1.82, 2.24) is 5.32 Å². The Balaban J connectivity index is 2.11. The fraction of sp³-hybridized carbons (Fsp3) is 0.647.